The zero-order valence-corrected chi connectivity index (χ0v) is 10.7. The Morgan fingerprint density at radius 3 is 2.56 bits per heavy atom. The maximum absolute atomic E-state index is 12.7. The lowest BCUT2D eigenvalue weighted by molar-refractivity contribution is -0.386. The second-order valence-electron chi connectivity index (χ2n) is 3.71. The predicted molar refractivity (Wildman–Crippen MR) is 67.8 cm³/mol. The Kier molecular flexibility index (Phi) is 3.66. The molecule has 0 radical (unpaired) electrons. The molecule has 2 aromatic rings. The molecule has 18 heavy (non-hydrogen) atoms. The molecule has 0 amide bonds. The van der Waals surface area contributed by atoms with E-state index in [0.717, 1.165) is 5.56 Å². The van der Waals surface area contributed by atoms with E-state index >= 15 is 0 Å². The highest BCUT2D eigenvalue weighted by Gasteiger charge is 2.13. The van der Waals surface area contributed by atoms with Crippen LogP contribution in [0.3, 0.4) is 0 Å². The second-order valence-corrected chi connectivity index (χ2v) is 4.46. The molecule has 1 aromatic carbocycles. The topological polar surface area (TPSA) is 56.0 Å². The molecule has 0 bridgehead atoms. The van der Waals surface area contributed by atoms with Gasteiger partial charge in [0.2, 0.25) is 0 Å². The zero-order chi connectivity index (χ0) is 13.1. The molecule has 4 nitrogen and oxygen atoms in total. The molecule has 0 saturated heterocycles. The van der Waals surface area contributed by atoms with Crippen molar-refractivity contribution in [3.63, 3.8) is 0 Å². The first-order chi connectivity index (χ1) is 8.56. The van der Waals surface area contributed by atoms with E-state index < -0.39 is 4.92 Å². The minimum Gasteiger partial charge on any atom is -0.258 e. The van der Waals surface area contributed by atoms with E-state index in [0.29, 0.717) is 12.0 Å². The van der Waals surface area contributed by atoms with Crippen molar-refractivity contribution < 1.29 is 9.31 Å². The molecule has 0 spiro atoms. The maximum Gasteiger partial charge on any atom is 0.302 e. The minimum atomic E-state index is -0.495. The normalized spacial score (nSPS) is 10.3. The Balaban J connectivity index is 2.27. The summed E-state index contributed by atoms with van der Waals surface area (Å²) in [5.41, 5.74) is 1.50. The van der Waals surface area contributed by atoms with Gasteiger partial charge in [0, 0.05) is 12.3 Å². The van der Waals surface area contributed by atoms with Gasteiger partial charge in [-0.05, 0) is 45.6 Å². The van der Waals surface area contributed by atoms with E-state index in [4.69, 9.17) is 0 Å². The predicted octanol–water partition coefficient (Wildman–Crippen LogP) is 3.48. The van der Waals surface area contributed by atoms with Gasteiger partial charge < -0.3 is 0 Å². The molecule has 92 valence electrons. The molecular formula is C12H8BrFN2O2. The number of pyridine rings is 1. The average Bonchev–Trinajstić information content (AvgIpc) is 2.34. The molecule has 6 heteroatoms. The number of rotatable bonds is 3. The highest BCUT2D eigenvalue weighted by atomic mass is 79.9. The highest BCUT2D eigenvalue weighted by molar-refractivity contribution is 9.10. The first kappa shape index (κ1) is 12.6. The Morgan fingerprint density at radius 1 is 1.28 bits per heavy atom. The van der Waals surface area contributed by atoms with Crippen LogP contribution >= 0.6 is 15.9 Å². The summed E-state index contributed by atoms with van der Waals surface area (Å²) in [6, 6.07) is 7.46. The van der Waals surface area contributed by atoms with Gasteiger partial charge in [-0.3, -0.25) is 10.1 Å². The summed E-state index contributed by atoms with van der Waals surface area (Å²) in [6.07, 6.45) is 2.03. The van der Waals surface area contributed by atoms with Gasteiger partial charge >= 0.3 is 5.69 Å². The number of nitro groups is 1. The van der Waals surface area contributed by atoms with Crippen LogP contribution in [0.1, 0.15) is 11.1 Å². The van der Waals surface area contributed by atoms with Crippen LogP contribution in [0.5, 0.6) is 0 Å². The van der Waals surface area contributed by atoms with Crippen molar-refractivity contribution in [1.29, 1.82) is 0 Å². The monoisotopic (exact) mass is 310 g/mol. The summed E-state index contributed by atoms with van der Waals surface area (Å²) >= 11 is 3.02. The fraction of sp³-hybridized carbons (Fsp3) is 0.0833. The summed E-state index contributed by atoms with van der Waals surface area (Å²) in [6.45, 7) is 0. The molecule has 0 N–H and O–H groups in total. The Hall–Kier alpha value is -1.82. The third-order valence-corrected chi connectivity index (χ3v) is 3.01. The van der Waals surface area contributed by atoms with Gasteiger partial charge in [-0.1, -0.05) is 12.1 Å². The van der Waals surface area contributed by atoms with Crippen molar-refractivity contribution in [2.45, 2.75) is 6.42 Å². The van der Waals surface area contributed by atoms with Crippen molar-refractivity contribution in [3.8, 4) is 0 Å². The largest absolute Gasteiger partial charge is 0.302 e. The number of hydrogen-bond acceptors (Lipinski definition) is 3. The van der Waals surface area contributed by atoms with Crippen LogP contribution in [0.4, 0.5) is 10.1 Å². The Labute approximate surface area is 111 Å². The number of aromatic nitrogens is 1. The number of nitrogens with zero attached hydrogens (tertiary/aromatic N) is 2. The van der Waals surface area contributed by atoms with Crippen LogP contribution in [-0.2, 0) is 6.42 Å². The second kappa shape index (κ2) is 5.22. The zero-order valence-electron chi connectivity index (χ0n) is 9.14. The fourth-order valence-corrected chi connectivity index (χ4v) is 1.90. The molecule has 0 aliphatic rings. The standard InChI is InChI=1S/C12H8BrFN2O2/c13-12-11(16(17)18)6-9(7-15-12)5-8-1-3-10(14)4-2-8/h1-4,6-7H,5H2. The smallest absolute Gasteiger partial charge is 0.258 e. The van der Waals surface area contributed by atoms with Crippen LogP contribution < -0.4 is 0 Å². The lowest BCUT2D eigenvalue weighted by Gasteiger charge is -2.02. The summed E-state index contributed by atoms with van der Waals surface area (Å²) in [5, 5.41) is 10.8. The third-order valence-electron chi connectivity index (χ3n) is 2.40. The molecule has 0 aliphatic heterocycles. The summed E-state index contributed by atoms with van der Waals surface area (Å²) in [5.74, 6) is -0.307. The number of halogens is 2. The van der Waals surface area contributed by atoms with E-state index in [-0.39, 0.29) is 16.1 Å². The summed E-state index contributed by atoms with van der Waals surface area (Å²) < 4.78 is 12.9. The van der Waals surface area contributed by atoms with E-state index in [1.807, 2.05) is 0 Å². The lowest BCUT2D eigenvalue weighted by Crippen LogP contribution is -1.96. The quantitative estimate of drug-likeness (QED) is 0.495. The molecule has 0 saturated carbocycles. The van der Waals surface area contributed by atoms with Crippen molar-refractivity contribution in [1.82, 2.24) is 4.98 Å². The molecule has 1 heterocycles. The number of benzene rings is 1. The van der Waals surface area contributed by atoms with Crippen LogP contribution in [0.15, 0.2) is 41.1 Å². The van der Waals surface area contributed by atoms with Gasteiger partial charge in [-0.2, -0.15) is 0 Å². The van der Waals surface area contributed by atoms with Gasteiger partial charge in [0.15, 0.2) is 4.60 Å². The third kappa shape index (κ3) is 2.89. The molecular weight excluding hydrogens is 303 g/mol. The summed E-state index contributed by atoms with van der Waals surface area (Å²) in [4.78, 5) is 14.2. The maximum atomic E-state index is 12.7. The molecule has 2 rings (SSSR count). The first-order valence-corrected chi connectivity index (χ1v) is 5.89. The number of hydrogen-bond donors (Lipinski definition) is 0. The average molecular weight is 311 g/mol. The Bertz CT molecular complexity index is 587. The van der Waals surface area contributed by atoms with Gasteiger partial charge in [0.1, 0.15) is 5.82 Å². The van der Waals surface area contributed by atoms with Crippen molar-refractivity contribution >= 4 is 21.6 Å². The van der Waals surface area contributed by atoms with Gasteiger partial charge in [0.05, 0.1) is 4.92 Å². The lowest BCUT2D eigenvalue weighted by atomic mass is 10.1. The van der Waals surface area contributed by atoms with E-state index in [1.54, 1.807) is 18.3 Å². The molecule has 0 unspecified atom stereocenters. The van der Waals surface area contributed by atoms with E-state index in [2.05, 4.69) is 20.9 Å². The fourth-order valence-electron chi connectivity index (χ4n) is 1.54. The first-order valence-electron chi connectivity index (χ1n) is 5.09. The van der Waals surface area contributed by atoms with E-state index in [9.17, 15) is 14.5 Å². The SMILES string of the molecule is O=[N+]([O-])c1cc(Cc2ccc(F)cc2)cnc1Br. The van der Waals surface area contributed by atoms with Crippen LogP contribution in [0.2, 0.25) is 0 Å². The van der Waals surface area contributed by atoms with Crippen LogP contribution in [0.25, 0.3) is 0 Å². The minimum absolute atomic E-state index is 0.0744. The molecule has 0 aliphatic carbocycles. The van der Waals surface area contributed by atoms with Crippen LogP contribution in [0, 0.1) is 15.9 Å². The van der Waals surface area contributed by atoms with Gasteiger partial charge in [0.25, 0.3) is 0 Å². The Morgan fingerprint density at radius 2 is 1.94 bits per heavy atom. The molecule has 1 aromatic heterocycles. The van der Waals surface area contributed by atoms with Crippen molar-refractivity contribution in [2.24, 2.45) is 0 Å². The van der Waals surface area contributed by atoms with Gasteiger partial charge in [-0.25, -0.2) is 9.37 Å². The van der Waals surface area contributed by atoms with E-state index in [1.165, 1.54) is 18.2 Å². The molecule has 0 atom stereocenters. The summed E-state index contributed by atoms with van der Waals surface area (Å²) in [7, 11) is 0. The van der Waals surface area contributed by atoms with Gasteiger partial charge in [-0.15, -0.1) is 0 Å². The van der Waals surface area contributed by atoms with Crippen molar-refractivity contribution in [2.75, 3.05) is 0 Å². The van der Waals surface area contributed by atoms with Crippen molar-refractivity contribution in [3.05, 3.63) is 68.2 Å². The highest BCUT2D eigenvalue weighted by Crippen LogP contribution is 2.24. The van der Waals surface area contributed by atoms with Crippen LogP contribution in [-0.4, -0.2) is 9.91 Å². The molecule has 0 fully saturated rings.